The summed E-state index contributed by atoms with van der Waals surface area (Å²) in [6.45, 7) is 6.58. The quantitative estimate of drug-likeness (QED) is 0.676. The molecule has 2 fully saturated rings. The van der Waals surface area contributed by atoms with E-state index in [4.69, 9.17) is 15.0 Å². The number of allylic oxidation sites excluding steroid dienone is 1. The molecule has 0 saturated heterocycles. The van der Waals surface area contributed by atoms with Gasteiger partial charge >= 0.3 is 0 Å². The first kappa shape index (κ1) is 20.8. The van der Waals surface area contributed by atoms with Crippen LogP contribution in [0.15, 0.2) is 18.2 Å². The molecule has 31 heavy (non-hydrogen) atoms. The van der Waals surface area contributed by atoms with Gasteiger partial charge in [0.05, 0.1) is 34.3 Å². The lowest BCUT2D eigenvalue weighted by atomic mass is 10.1. The van der Waals surface area contributed by atoms with Gasteiger partial charge in [-0.25, -0.2) is 4.98 Å². The molecule has 0 radical (unpaired) electrons. The summed E-state index contributed by atoms with van der Waals surface area (Å²) in [4.78, 5) is 11.4. The molecule has 0 aliphatic heterocycles. The van der Waals surface area contributed by atoms with Crippen molar-refractivity contribution in [3.8, 4) is 23.8 Å². The van der Waals surface area contributed by atoms with Crippen molar-refractivity contribution >= 4 is 12.0 Å². The first-order chi connectivity index (χ1) is 14.7. The number of fused-ring (bicyclic) bond motifs is 1. The normalized spacial score (nSPS) is 23.2. The molecule has 0 spiro atoms. The molecule has 2 aliphatic rings. The largest absolute Gasteiger partial charge is 0.438 e. The van der Waals surface area contributed by atoms with Gasteiger partial charge in [0.2, 0.25) is 11.8 Å². The maximum atomic E-state index is 9.35. The van der Waals surface area contributed by atoms with Crippen LogP contribution in [-0.4, -0.2) is 34.5 Å². The van der Waals surface area contributed by atoms with Crippen molar-refractivity contribution in [2.75, 3.05) is 19.4 Å². The third-order valence-electron chi connectivity index (χ3n) is 6.12. The van der Waals surface area contributed by atoms with Gasteiger partial charge in [0.25, 0.3) is 0 Å². The van der Waals surface area contributed by atoms with E-state index in [1.54, 1.807) is 6.08 Å². The van der Waals surface area contributed by atoms with Crippen LogP contribution in [0.2, 0.25) is 0 Å². The Bertz CT molecular complexity index is 1140. The molecule has 158 valence electrons. The Labute approximate surface area is 183 Å². The molecule has 0 unspecified atom stereocenters. The molecular formula is C24H26N6O. The standard InChI is InChI=1S/C24H26N6O/c1-15-9-18(7-6-8-25)10-16(2)20(15)31-21-19(11-30(4)5)17(3)27-22(28-21)29-24-12-23(24,13-24)14-26/h6-7,9-10H,11-13H2,1-5H3,(H,27,28,29)/b7-6+. The van der Waals surface area contributed by atoms with Crippen molar-refractivity contribution in [1.82, 2.24) is 14.9 Å². The molecule has 0 atom stereocenters. The number of ether oxygens (including phenoxy) is 1. The van der Waals surface area contributed by atoms with E-state index >= 15 is 0 Å². The number of benzene rings is 1. The van der Waals surface area contributed by atoms with Crippen LogP contribution < -0.4 is 10.1 Å². The minimum atomic E-state index is -0.229. The Morgan fingerprint density at radius 2 is 1.84 bits per heavy atom. The maximum absolute atomic E-state index is 9.35. The monoisotopic (exact) mass is 414 g/mol. The Morgan fingerprint density at radius 3 is 2.39 bits per heavy atom. The first-order valence-electron chi connectivity index (χ1n) is 10.3. The second-order valence-electron chi connectivity index (χ2n) is 8.96. The fourth-order valence-corrected chi connectivity index (χ4v) is 4.18. The SMILES string of the molecule is Cc1cc(/C=C/C#N)cc(C)c1Oc1nc(NC23CC2(C#N)C3)nc(C)c1CN(C)C. The summed E-state index contributed by atoms with van der Waals surface area (Å²) in [6.07, 6.45) is 4.95. The molecule has 1 heterocycles. The fourth-order valence-electron chi connectivity index (χ4n) is 4.18. The van der Waals surface area contributed by atoms with E-state index in [1.807, 2.05) is 53.1 Å². The lowest BCUT2D eigenvalue weighted by molar-refractivity contribution is 0.380. The molecule has 4 rings (SSSR count). The van der Waals surface area contributed by atoms with Gasteiger partial charge < -0.3 is 15.0 Å². The third-order valence-corrected chi connectivity index (χ3v) is 6.12. The molecule has 0 amide bonds. The van der Waals surface area contributed by atoms with Gasteiger partial charge in [0, 0.05) is 12.6 Å². The van der Waals surface area contributed by atoms with Crippen LogP contribution in [-0.2, 0) is 6.54 Å². The van der Waals surface area contributed by atoms with Crippen LogP contribution in [0.3, 0.4) is 0 Å². The number of aryl methyl sites for hydroxylation is 3. The molecule has 2 aromatic rings. The lowest BCUT2D eigenvalue weighted by Gasteiger charge is -2.19. The van der Waals surface area contributed by atoms with E-state index in [1.165, 1.54) is 6.08 Å². The van der Waals surface area contributed by atoms with Crippen molar-refractivity contribution < 1.29 is 4.74 Å². The lowest BCUT2D eigenvalue weighted by Crippen LogP contribution is -2.18. The van der Waals surface area contributed by atoms with E-state index < -0.39 is 0 Å². The summed E-state index contributed by atoms with van der Waals surface area (Å²) in [5, 5.41) is 21.5. The molecule has 0 bridgehead atoms. The topological polar surface area (TPSA) is 97.9 Å². The zero-order valence-electron chi connectivity index (χ0n) is 18.6. The van der Waals surface area contributed by atoms with Crippen molar-refractivity contribution in [2.45, 2.75) is 45.7 Å². The average molecular weight is 415 g/mol. The number of hydrogen-bond acceptors (Lipinski definition) is 7. The van der Waals surface area contributed by atoms with Crippen LogP contribution in [0.5, 0.6) is 11.6 Å². The smallest absolute Gasteiger partial charge is 0.228 e. The highest BCUT2D eigenvalue weighted by molar-refractivity contribution is 5.59. The number of nitriles is 2. The van der Waals surface area contributed by atoms with Gasteiger partial charge in [-0.2, -0.15) is 15.5 Å². The molecule has 1 aromatic heterocycles. The van der Waals surface area contributed by atoms with Crippen LogP contribution in [0.1, 0.15) is 40.8 Å². The van der Waals surface area contributed by atoms with E-state index in [0.717, 1.165) is 46.5 Å². The van der Waals surface area contributed by atoms with E-state index in [0.29, 0.717) is 18.4 Å². The third kappa shape index (κ3) is 3.73. The minimum absolute atomic E-state index is 0.158. The Balaban J connectivity index is 1.68. The summed E-state index contributed by atoms with van der Waals surface area (Å²) in [6, 6.07) is 8.41. The van der Waals surface area contributed by atoms with Gasteiger partial charge in [0.15, 0.2) is 0 Å². The summed E-state index contributed by atoms with van der Waals surface area (Å²) >= 11 is 0. The Morgan fingerprint density at radius 1 is 1.16 bits per heavy atom. The second kappa shape index (κ2) is 7.37. The number of rotatable bonds is 7. The highest BCUT2D eigenvalue weighted by atomic mass is 16.5. The molecular weight excluding hydrogens is 388 g/mol. The number of anilines is 1. The maximum Gasteiger partial charge on any atom is 0.228 e. The van der Waals surface area contributed by atoms with Gasteiger partial charge in [-0.15, -0.1) is 0 Å². The predicted octanol–water partition coefficient (Wildman–Crippen LogP) is 4.26. The fraction of sp³-hybridized carbons (Fsp3) is 0.417. The van der Waals surface area contributed by atoms with Gasteiger partial charge in [-0.1, -0.05) is 0 Å². The summed E-state index contributed by atoms with van der Waals surface area (Å²) in [5.41, 5.74) is 4.27. The van der Waals surface area contributed by atoms with Crippen LogP contribution >= 0.6 is 0 Å². The van der Waals surface area contributed by atoms with Crippen LogP contribution in [0, 0.1) is 48.8 Å². The molecule has 7 heteroatoms. The second-order valence-corrected chi connectivity index (χ2v) is 8.96. The van der Waals surface area contributed by atoms with E-state index in [9.17, 15) is 5.26 Å². The van der Waals surface area contributed by atoms with Gasteiger partial charge in [-0.3, -0.25) is 0 Å². The van der Waals surface area contributed by atoms with E-state index in [-0.39, 0.29) is 11.0 Å². The van der Waals surface area contributed by atoms with E-state index in [2.05, 4.69) is 21.3 Å². The molecule has 2 saturated carbocycles. The summed E-state index contributed by atoms with van der Waals surface area (Å²) in [5.74, 6) is 1.78. The van der Waals surface area contributed by atoms with Crippen molar-refractivity contribution in [3.63, 3.8) is 0 Å². The Kier molecular flexibility index (Phi) is 4.95. The molecule has 1 aromatic carbocycles. The van der Waals surface area contributed by atoms with Crippen LogP contribution in [0.4, 0.5) is 5.95 Å². The number of hydrogen-bond donors (Lipinski definition) is 1. The zero-order valence-corrected chi connectivity index (χ0v) is 18.6. The summed E-state index contributed by atoms with van der Waals surface area (Å²) in [7, 11) is 3.99. The van der Waals surface area contributed by atoms with Gasteiger partial charge in [-0.05, 0) is 82.6 Å². The van der Waals surface area contributed by atoms with Crippen molar-refractivity contribution in [1.29, 1.82) is 10.5 Å². The summed E-state index contributed by atoms with van der Waals surface area (Å²) < 4.78 is 6.38. The minimum Gasteiger partial charge on any atom is -0.438 e. The molecule has 2 aliphatic carbocycles. The molecule has 1 N–H and O–H groups in total. The van der Waals surface area contributed by atoms with Crippen LogP contribution in [0.25, 0.3) is 6.08 Å². The number of nitrogens with one attached hydrogen (secondary N) is 1. The Hall–Kier alpha value is -3.42. The zero-order chi connectivity index (χ0) is 22.4. The molecule has 7 nitrogen and oxygen atoms in total. The van der Waals surface area contributed by atoms with Crippen molar-refractivity contribution in [3.05, 3.63) is 46.2 Å². The van der Waals surface area contributed by atoms with Gasteiger partial charge in [0.1, 0.15) is 5.75 Å². The highest BCUT2D eigenvalue weighted by Gasteiger charge is 2.85. The number of aromatic nitrogens is 2. The first-order valence-corrected chi connectivity index (χ1v) is 10.3. The highest BCUT2D eigenvalue weighted by Crippen LogP contribution is 2.79. The predicted molar refractivity (Wildman–Crippen MR) is 118 cm³/mol. The number of nitrogens with zero attached hydrogens (tertiary/aromatic N) is 5. The average Bonchev–Trinajstić information content (AvgIpc) is 3.51. The van der Waals surface area contributed by atoms with Crippen molar-refractivity contribution in [2.24, 2.45) is 5.41 Å².